The highest BCUT2D eigenvalue weighted by atomic mass is 19.4. The number of alkyl halides is 3. The van der Waals surface area contributed by atoms with Crippen molar-refractivity contribution in [1.29, 1.82) is 0 Å². The second-order valence-corrected chi connectivity index (χ2v) is 3.50. The average Bonchev–Trinajstić information content (AvgIpc) is 2.25. The van der Waals surface area contributed by atoms with Gasteiger partial charge in [0.15, 0.2) is 0 Å². The lowest BCUT2D eigenvalue weighted by Gasteiger charge is -2.10. The number of anilines is 1. The third-order valence-electron chi connectivity index (χ3n) is 1.99. The highest BCUT2D eigenvalue weighted by molar-refractivity contribution is 5.31. The van der Waals surface area contributed by atoms with Gasteiger partial charge in [-0.05, 0) is 13.3 Å². The maximum Gasteiger partial charge on any atom is 0.389 e. The van der Waals surface area contributed by atoms with E-state index >= 15 is 0 Å². The van der Waals surface area contributed by atoms with Crippen molar-refractivity contribution in [3.8, 4) is 5.88 Å². The van der Waals surface area contributed by atoms with Crippen molar-refractivity contribution in [2.24, 2.45) is 0 Å². The largest absolute Gasteiger partial charge is 0.477 e. The number of aryl methyl sites for hydroxylation is 1. The zero-order valence-electron chi connectivity index (χ0n) is 9.64. The Labute approximate surface area is 97.2 Å². The Balaban J connectivity index is 2.46. The molecule has 0 aromatic carbocycles. The minimum absolute atomic E-state index is 0.0134. The quantitative estimate of drug-likeness (QED) is 0.815. The second-order valence-electron chi connectivity index (χ2n) is 3.50. The van der Waals surface area contributed by atoms with Crippen molar-refractivity contribution < 1.29 is 17.9 Å². The van der Waals surface area contributed by atoms with Crippen LogP contribution in [0.5, 0.6) is 5.88 Å². The van der Waals surface area contributed by atoms with Crippen LogP contribution in [0, 0.1) is 6.92 Å². The van der Waals surface area contributed by atoms with Gasteiger partial charge in [-0.3, -0.25) is 0 Å². The monoisotopic (exact) mass is 249 g/mol. The predicted molar refractivity (Wildman–Crippen MR) is 57.1 cm³/mol. The van der Waals surface area contributed by atoms with Gasteiger partial charge in [-0.25, -0.2) is 4.98 Å². The van der Waals surface area contributed by atoms with E-state index in [1.807, 2.05) is 0 Å². The third kappa shape index (κ3) is 4.88. The Morgan fingerprint density at radius 3 is 2.71 bits per heavy atom. The number of ether oxygens (including phenoxy) is 1. The molecule has 96 valence electrons. The van der Waals surface area contributed by atoms with E-state index in [1.54, 1.807) is 20.2 Å². The summed E-state index contributed by atoms with van der Waals surface area (Å²) < 4.78 is 40.8. The molecule has 1 N–H and O–H groups in total. The highest BCUT2D eigenvalue weighted by Crippen LogP contribution is 2.22. The van der Waals surface area contributed by atoms with Crippen molar-refractivity contribution in [1.82, 2.24) is 9.97 Å². The zero-order chi connectivity index (χ0) is 12.9. The molecule has 0 bridgehead atoms. The molecule has 1 aromatic heterocycles. The first kappa shape index (κ1) is 13.5. The van der Waals surface area contributed by atoms with Crippen LogP contribution in [0.4, 0.5) is 19.1 Å². The first-order chi connectivity index (χ1) is 7.92. The minimum Gasteiger partial charge on any atom is -0.477 e. The van der Waals surface area contributed by atoms with Crippen LogP contribution in [-0.2, 0) is 0 Å². The van der Waals surface area contributed by atoms with E-state index in [9.17, 15) is 13.2 Å². The molecule has 0 aliphatic heterocycles. The smallest absolute Gasteiger partial charge is 0.389 e. The summed E-state index contributed by atoms with van der Waals surface area (Å²) in [4.78, 5) is 7.94. The third-order valence-corrected chi connectivity index (χ3v) is 1.99. The Morgan fingerprint density at radius 1 is 1.41 bits per heavy atom. The fourth-order valence-electron chi connectivity index (χ4n) is 1.13. The second kappa shape index (κ2) is 5.70. The maximum atomic E-state index is 11.9. The fourth-order valence-corrected chi connectivity index (χ4v) is 1.13. The molecule has 17 heavy (non-hydrogen) atoms. The summed E-state index contributed by atoms with van der Waals surface area (Å²) in [5.74, 6) is 0.688. The number of rotatable bonds is 5. The van der Waals surface area contributed by atoms with Gasteiger partial charge < -0.3 is 10.1 Å². The average molecular weight is 249 g/mol. The highest BCUT2D eigenvalue weighted by Gasteiger charge is 2.26. The van der Waals surface area contributed by atoms with Gasteiger partial charge in [0.05, 0.1) is 6.61 Å². The van der Waals surface area contributed by atoms with Crippen LogP contribution >= 0.6 is 0 Å². The van der Waals surface area contributed by atoms with Crippen LogP contribution in [0.3, 0.4) is 0 Å². The number of nitrogens with zero attached hydrogens (tertiary/aromatic N) is 2. The van der Waals surface area contributed by atoms with E-state index in [-0.39, 0.29) is 13.0 Å². The molecule has 7 heteroatoms. The van der Waals surface area contributed by atoms with Crippen LogP contribution < -0.4 is 10.1 Å². The summed E-state index contributed by atoms with van der Waals surface area (Å²) in [5, 5.41) is 2.73. The van der Waals surface area contributed by atoms with Gasteiger partial charge in [0.25, 0.3) is 0 Å². The molecule has 0 aliphatic rings. The summed E-state index contributed by atoms with van der Waals surface area (Å²) in [6.07, 6.45) is -3.52. The van der Waals surface area contributed by atoms with E-state index in [1.165, 1.54) is 0 Å². The normalized spacial score (nSPS) is 11.4. The number of hydrogen-bond acceptors (Lipinski definition) is 4. The predicted octanol–water partition coefficient (Wildman–Crippen LogP) is 2.55. The van der Waals surface area contributed by atoms with Gasteiger partial charge in [-0.2, -0.15) is 18.2 Å². The molecule has 0 aliphatic carbocycles. The molecule has 0 amide bonds. The van der Waals surface area contributed by atoms with Crippen molar-refractivity contribution in [3.63, 3.8) is 0 Å². The van der Waals surface area contributed by atoms with Crippen LogP contribution in [0.1, 0.15) is 18.4 Å². The van der Waals surface area contributed by atoms with Crippen LogP contribution in [0.2, 0.25) is 0 Å². The van der Waals surface area contributed by atoms with E-state index in [2.05, 4.69) is 15.3 Å². The van der Waals surface area contributed by atoms with Crippen LogP contribution in [-0.4, -0.2) is 29.8 Å². The topological polar surface area (TPSA) is 47.0 Å². The Hall–Kier alpha value is -1.53. The number of nitrogens with one attached hydrogen (secondary N) is 1. The van der Waals surface area contributed by atoms with E-state index in [0.717, 1.165) is 0 Å². The molecule has 0 saturated carbocycles. The molecule has 0 atom stereocenters. The minimum atomic E-state index is -4.14. The summed E-state index contributed by atoms with van der Waals surface area (Å²) in [6, 6.07) is 0. The molecule has 0 radical (unpaired) electrons. The van der Waals surface area contributed by atoms with Gasteiger partial charge in [0.2, 0.25) is 11.8 Å². The zero-order valence-corrected chi connectivity index (χ0v) is 9.64. The van der Waals surface area contributed by atoms with Gasteiger partial charge in [-0.1, -0.05) is 0 Å². The molecule has 0 saturated heterocycles. The van der Waals surface area contributed by atoms with Crippen molar-refractivity contribution >= 4 is 5.95 Å². The molecule has 1 aromatic rings. The number of hydrogen-bond donors (Lipinski definition) is 1. The first-order valence-corrected chi connectivity index (χ1v) is 5.13. The van der Waals surface area contributed by atoms with Gasteiger partial charge >= 0.3 is 6.18 Å². The van der Waals surface area contributed by atoms with E-state index < -0.39 is 12.6 Å². The lowest BCUT2D eigenvalue weighted by Crippen LogP contribution is -2.10. The van der Waals surface area contributed by atoms with Crippen molar-refractivity contribution in [3.05, 3.63) is 11.8 Å². The van der Waals surface area contributed by atoms with Gasteiger partial charge in [-0.15, -0.1) is 0 Å². The SMILES string of the molecule is CNc1ncc(C)c(OCCCC(F)(F)F)n1. The van der Waals surface area contributed by atoms with Crippen molar-refractivity contribution in [2.75, 3.05) is 19.0 Å². The summed E-state index contributed by atoms with van der Waals surface area (Å²) in [5.41, 5.74) is 0.691. The molecule has 4 nitrogen and oxygen atoms in total. The van der Waals surface area contributed by atoms with Gasteiger partial charge in [0, 0.05) is 25.2 Å². The standard InChI is InChI=1S/C10H14F3N3O/c1-7-6-15-9(14-2)16-8(7)17-5-3-4-10(11,12)13/h6H,3-5H2,1-2H3,(H,14,15,16). The summed E-state index contributed by atoms with van der Waals surface area (Å²) >= 11 is 0. The molecular weight excluding hydrogens is 235 g/mol. The molecule has 1 heterocycles. The molecule has 1 rings (SSSR count). The lowest BCUT2D eigenvalue weighted by molar-refractivity contribution is -0.136. The molecular formula is C10H14F3N3O. The molecule has 0 spiro atoms. The summed E-state index contributed by atoms with van der Waals surface area (Å²) in [6.45, 7) is 1.72. The molecule has 0 fully saturated rings. The van der Waals surface area contributed by atoms with E-state index in [4.69, 9.17) is 4.74 Å². The van der Waals surface area contributed by atoms with E-state index in [0.29, 0.717) is 17.4 Å². The Kier molecular flexibility index (Phi) is 4.53. The number of aromatic nitrogens is 2. The Bertz CT molecular complexity index is 368. The first-order valence-electron chi connectivity index (χ1n) is 5.13. The lowest BCUT2D eigenvalue weighted by atomic mass is 10.3. The van der Waals surface area contributed by atoms with Crippen LogP contribution in [0.15, 0.2) is 6.20 Å². The van der Waals surface area contributed by atoms with Gasteiger partial charge in [0.1, 0.15) is 0 Å². The van der Waals surface area contributed by atoms with Crippen LogP contribution in [0.25, 0.3) is 0 Å². The summed E-state index contributed by atoms with van der Waals surface area (Å²) in [7, 11) is 1.65. The molecule has 0 unspecified atom stereocenters. The Morgan fingerprint density at radius 2 is 2.12 bits per heavy atom. The number of halogens is 3. The maximum absolute atomic E-state index is 11.9. The van der Waals surface area contributed by atoms with Crippen molar-refractivity contribution in [2.45, 2.75) is 25.9 Å². The fraction of sp³-hybridized carbons (Fsp3) is 0.600.